The monoisotopic (exact) mass is 246 g/mol. The standard InChI is InChI=1S/C13H14N2O3/c1-3-18-11-6-4-10(5-7-11)15-8-14-9(2)12(15)13(16)17/h4-8H,3H2,1-2H3,(H,16,17). The number of aromatic carboxylic acids is 1. The number of carboxylic acid groups (broad SMARTS) is 1. The van der Waals surface area contributed by atoms with Crippen molar-refractivity contribution in [2.45, 2.75) is 13.8 Å². The molecule has 0 unspecified atom stereocenters. The molecular weight excluding hydrogens is 232 g/mol. The number of ether oxygens (including phenoxy) is 1. The van der Waals surface area contributed by atoms with Crippen LogP contribution in [0.5, 0.6) is 5.75 Å². The molecule has 0 spiro atoms. The van der Waals surface area contributed by atoms with Crippen molar-refractivity contribution in [3.05, 3.63) is 42.0 Å². The van der Waals surface area contributed by atoms with Gasteiger partial charge in [-0.1, -0.05) is 0 Å². The van der Waals surface area contributed by atoms with E-state index in [1.165, 1.54) is 6.33 Å². The van der Waals surface area contributed by atoms with Gasteiger partial charge in [0.25, 0.3) is 0 Å². The number of hydrogen-bond donors (Lipinski definition) is 1. The van der Waals surface area contributed by atoms with Gasteiger partial charge in [0, 0.05) is 5.69 Å². The number of hydrogen-bond acceptors (Lipinski definition) is 3. The third-order valence-corrected chi connectivity index (χ3v) is 2.58. The Hall–Kier alpha value is -2.30. The minimum Gasteiger partial charge on any atom is -0.494 e. The van der Waals surface area contributed by atoms with E-state index < -0.39 is 5.97 Å². The predicted molar refractivity (Wildman–Crippen MR) is 66.4 cm³/mol. The van der Waals surface area contributed by atoms with Crippen molar-refractivity contribution in [2.24, 2.45) is 0 Å². The third kappa shape index (κ3) is 2.20. The summed E-state index contributed by atoms with van der Waals surface area (Å²) in [7, 11) is 0. The van der Waals surface area contributed by atoms with E-state index in [0.717, 1.165) is 11.4 Å². The number of imidazole rings is 1. The summed E-state index contributed by atoms with van der Waals surface area (Å²) in [5, 5.41) is 9.15. The molecule has 0 bridgehead atoms. The maximum absolute atomic E-state index is 11.2. The van der Waals surface area contributed by atoms with Gasteiger partial charge in [0.1, 0.15) is 12.1 Å². The van der Waals surface area contributed by atoms with Gasteiger partial charge in [-0.15, -0.1) is 0 Å². The Morgan fingerprint density at radius 1 is 1.39 bits per heavy atom. The molecular formula is C13H14N2O3. The molecule has 0 atom stereocenters. The first-order valence-electron chi connectivity index (χ1n) is 5.64. The molecule has 1 N–H and O–H groups in total. The molecule has 18 heavy (non-hydrogen) atoms. The third-order valence-electron chi connectivity index (χ3n) is 2.58. The van der Waals surface area contributed by atoms with E-state index in [2.05, 4.69) is 4.98 Å². The predicted octanol–water partition coefficient (Wildman–Crippen LogP) is 2.28. The van der Waals surface area contributed by atoms with Crippen LogP contribution in [0.15, 0.2) is 30.6 Å². The number of nitrogens with zero attached hydrogens (tertiary/aromatic N) is 2. The SMILES string of the molecule is CCOc1ccc(-n2cnc(C)c2C(=O)O)cc1. The van der Waals surface area contributed by atoms with Gasteiger partial charge >= 0.3 is 5.97 Å². The van der Waals surface area contributed by atoms with Crippen LogP contribution < -0.4 is 4.74 Å². The van der Waals surface area contributed by atoms with Crippen molar-refractivity contribution in [2.75, 3.05) is 6.61 Å². The van der Waals surface area contributed by atoms with Crippen LogP contribution in [0.1, 0.15) is 23.1 Å². The zero-order chi connectivity index (χ0) is 13.1. The summed E-state index contributed by atoms with van der Waals surface area (Å²) in [5.41, 5.74) is 1.42. The number of carboxylic acids is 1. The molecule has 5 heteroatoms. The van der Waals surface area contributed by atoms with Gasteiger partial charge in [-0.05, 0) is 38.1 Å². The minimum atomic E-state index is -0.987. The first-order chi connectivity index (χ1) is 8.63. The number of benzene rings is 1. The lowest BCUT2D eigenvalue weighted by molar-refractivity contribution is 0.0687. The quantitative estimate of drug-likeness (QED) is 0.898. The summed E-state index contributed by atoms with van der Waals surface area (Å²) < 4.78 is 6.89. The fourth-order valence-corrected chi connectivity index (χ4v) is 1.76. The van der Waals surface area contributed by atoms with Crippen molar-refractivity contribution in [1.29, 1.82) is 0 Å². The Labute approximate surface area is 105 Å². The average molecular weight is 246 g/mol. The number of rotatable bonds is 4. The zero-order valence-electron chi connectivity index (χ0n) is 10.3. The Kier molecular flexibility index (Phi) is 3.32. The summed E-state index contributed by atoms with van der Waals surface area (Å²) in [5.74, 6) is -0.228. The summed E-state index contributed by atoms with van der Waals surface area (Å²) >= 11 is 0. The lowest BCUT2D eigenvalue weighted by atomic mass is 10.2. The number of aryl methyl sites for hydroxylation is 1. The summed E-state index contributed by atoms with van der Waals surface area (Å²) in [6.07, 6.45) is 1.51. The smallest absolute Gasteiger partial charge is 0.354 e. The second-order valence-electron chi connectivity index (χ2n) is 3.78. The highest BCUT2D eigenvalue weighted by atomic mass is 16.5. The summed E-state index contributed by atoms with van der Waals surface area (Å²) in [6, 6.07) is 7.22. The van der Waals surface area contributed by atoms with Crippen LogP contribution in [0, 0.1) is 6.92 Å². The molecule has 1 aromatic carbocycles. The second kappa shape index (κ2) is 4.91. The van der Waals surface area contributed by atoms with Crippen molar-refractivity contribution in [1.82, 2.24) is 9.55 Å². The van der Waals surface area contributed by atoms with E-state index in [0.29, 0.717) is 12.3 Å². The molecule has 0 aliphatic heterocycles. The van der Waals surface area contributed by atoms with E-state index in [9.17, 15) is 4.79 Å². The van der Waals surface area contributed by atoms with Gasteiger partial charge < -0.3 is 9.84 Å². The summed E-state index contributed by atoms with van der Waals surface area (Å²) in [6.45, 7) is 4.19. The maximum Gasteiger partial charge on any atom is 0.354 e. The van der Waals surface area contributed by atoms with Gasteiger partial charge in [0.15, 0.2) is 5.69 Å². The van der Waals surface area contributed by atoms with Crippen molar-refractivity contribution in [3.8, 4) is 11.4 Å². The van der Waals surface area contributed by atoms with Crippen LogP contribution in [0.25, 0.3) is 5.69 Å². The molecule has 94 valence electrons. The van der Waals surface area contributed by atoms with E-state index >= 15 is 0 Å². The topological polar surface area (TPSA) is 64.4 Å². The van der Waals surface area contributed by atoms with E-state index in [4.69, 9.17) is 9.84 Å². The van der Waals surface area contributed by atoms with Crippen molar-refractivity contribution in [3.63, 3.8) is 0 Å². The Morgan fingerprint density at radius 2 is 2.06 bits per heavy atom. The van der Waals surface area contributed by atoms with Gasteiger partial charge in [-0.2, -0.15) is 0 Å². The largest absolute Gasteiger partial charge is 0.494 e. The minimum absolute atomic E-state index is 0.180. The van der Waals surface area contributed by atoms with Crippen LogP contribution in [0.2, 0.25) is 0 Å². The lowest BCUT2D eigenvalue weighted by Crippen LogP contribution is -2.07. The molecule has 1 heterocycles. The van der Waals surface area contributed by atoms with Crippen molar-refractivity contribution >= 4 is 5.97 Å². The average Bonchev–Trinajstić information content (AvgIpc) is 2.73. The highest BCUT2D eigenvalue weighted by Crippen LogP contribution is 2.18. The lowest BCUT2D eigenvalue weighted by Gasteiger charge is -2.07. The molecule has 0 saturated carbocycles. The van der Waals surface area contributed by atoms with E-state index in [1.54, 1.807) is 35.8 Å². The Morgan fingerprint density at radius 3 is 2.61 bits per heavy atom. The normalized spacial score (nSPS) is 10.3. The molecule has 2 aromatic rings. The molecule has 0 fully saturated rings. The fourth-order valence-electron chi connectivity index (χ4n) is 1.76. The van der Waals surface area contributed by atoms with E-state index in [-0.39, 0.29) is 5.69 Å². The van der Waals surface area contributed by atoms with Crippen molar-refractivity contribution < 1.29 is 14.6 Å². The zero-order valence-corrected chi connectivity index (χ0v) is 10.3. The van der Waals surface area contributed by atoms with Gasteiger partial charge in [0.05, 0.1) is 12.3 Å². The molecule has 1 aromatic heterocycles. The van der Waals surface area contributed by atoms with E-state index in [1.807, 2.05) is 6.92 Å². The highest BCUT2D eigenvalue weighted by molar-refractivity contribution is 5.87. The number of carbonyl (C=O) groups is 1. The first-order valence-corrected chi connectivity index (χ1v) is 5.64. The van der Waals surface area contributed by atoms with Gasteiger partial charge in [0.2, 0.25) is 0 Å². The first kappa shape index (κ1) is 12.2. The van der Waals surface area contributed by atoms with Crippen LogP contribution >= 0.6 is 0 Å². The van der Waals surface area contributed by atoms with Crippen LogP contribution in [0.3, 0.4) is 0 Å². The molecule has 0 aliphatic rings. The molecule has 0 aliphatic carbocycles. The van der Waals surface area contributed by atoms with Crippen LogP contribution in [-0.2, 0) is 0 Å². The second-order valence-corrected chi connectivity index (χ2v) is 3.78. The Balaban J connectivity index is 2.40. The maximum atomic E-state index is 11.2. The van der Waals surface area contributed by atoms with Crippen LogP contribution in [0.4, 0.5) is 0 Å². The van der Waals surface area contributed by atoms with Crippen LogP contribution in [-0.4, -0.2) is 27.2 Å². The molecule has 0 saturated heterocycles. The molecule has 5 nitrogen and oxygen atoms in total. The summed E-state index contributed by atoms with van der Waals surface area (Å²) in [4.78, 5) is 15.2. The van der Waals surface area contributed by atoms with Gasteiger partial charge in [-0.3, -0.25) is 4.57 Å². The van der Waals surface area contributed by atoms with Gasteiger partial charge in [-0.25, -0.2) is 9.78 Å². The molecule has 0 amide bonds. The highest BCUT2D eigenvalue weighted by Gasteiger charge is 2.15. The molecule has 0 radical (unpaired) electrons. The number of aromatic nitrogens is 2. The fraction of sp³-hybridized carbons (Fsp3) is 0.231. The molecule has 2 rings (SSSR count). The Bertz CT molecular complexity index is 558.